The van der Waals surface area contributed by atoms with Gasteiger partial charge in [-0.2, -0.15) is 0 Å². The number of ether oxygens (including phenoxy) is 4. The Morgan fingerprint density at radius 1 is 1.04 bits per heavy atom. The fourth-order valence-corrected chi connectivity index (χ4v) is 4.00. The molecule has 4 atom stereocenters. The van der Waals surface area contributed by atoms with Gasteiger partial charge in [0, 0.05) is 32.1 Å². The van der Waals surface area contributed by atoms with E-state index in [1.165, 1.54) is 32.5 Å². The van der Waals surface area contributed by atoms with Gasteiger partial charge in [0.2, 0.25) is 6.29 Å². The highest BCUT2D eigenvalue weighted by Crippen LogP contribution is 2.36. The van der Waals surface area contributed by atoms with E-state index in [4.69, 9.17) is 18.9 Å². The second kappa shape index (κ2) is 9.75. The largest absolute Gasteiger partial charge is 0.463 e. The number of aryl methyl sites for hydroxylation is 1. The van der Waals surface area contributed by atoms with Crippen LogP contribution in [0.2, 0.25) is 0 Å². The van der Waals surface area contributed by atoms with Gasteiger partial charge in [-0.25, -0.2) is 0 Å². The van der Waals surface area contributed by atoms with E-state index in [1.807, 2.05) is 31.2 Å². The lowest BCUT2D eigenvalue weighted by Gasteiger charge is -2.39. The number of carbonyl (C=O) groups is 3. The van der Waals surface area contributed by atoms with Crippen molar-refractivity contribution in [1.29, 1.82) is 0 Å². The predicted molar refractivity (Wildman–Crippen MR) is 98.1 cm³/mol. The van der Waals surface area contributed by atoms with Gasteiger partial charge in [0.25, 0.3) is 0 Å². The van der Waals surface area contributed by atoms with E-state index in [1.54, 1.807) is 0 Å². The van der Waals surface area contributed by atoms with Gasteiger partial charge in [0.1, 0.15) is 18.8 Å². The minimum Gasteiger partial charge on any atom is -0.463 e. The minimum atomic E-state index is -0.808. The molecular weight excluding hydrogens is 372 g/mol. The molecule has 1 fully saturated rings. The molecule has 1 aliphatic heterocycles. The van der Waals surface area contributed by atoms with E-state index in [2.05, 4.69) is 0 Å². The van der Waals surface area contributed by atoms with Crippen molar-refractivity contribution in [3.05, 3.63) is 29.8 Å². The van der Waals surface area contributed by atoms with Gasteiger partial charge in [-0.05, 0) is 19.1 Å². The maximum atomic E-state index is 11.6. The third kappa shape index (κ3) is 6.88. The van der Waals surface area contributed by atoms with Crippen molar-refractivity contribution >= 4 is 29.7 Å². The number of esters is 3. The lowest BCUT2D eigenvalue weighted by Crippen LogP contribution is -2.52. The zero-order chi connectivity index (χ0) is 20.0. The zero-order valence-electron chi connectivity index (χ0n) is 15.8. The number of benzene rings is 1. The first-order valence-corrected chi connectivity index (χ1v) is 9.49. The zero-order valence-corrected chi connectivity index (χ0v) is 16.6. The van der Waals surface area contributed by atoms with Crippen LogP contribution in [0.4, 0.5) is 0 Å². The molecule has 0 aliphatic carbocycles. The first-order valence-electron chi connectivity index (χ1n) is 8.61. The van der Waals surface area contributed by atoms with Crippen LogP contribution < -0.4 is 0 Å². The molecule has 0 radical (unpaired) electrons. The molecule has 1 aliphatic rings. The van der Waals surface area contributed by atoms with Gasteiger partial charge in [0.05, 0.1) is 5.25 Å². The van der Waals surface area contributed by atoms with Gasteiger partial charge >= 0.3 is 17.9 Å². The van der Waals surface area contributed by atoms with Crippen molar-refractivity contribution in [3.63, 3.8) is 0 Å². The first-order chi connectivity index (χ1) is 12.7. The Balaban J connectivity index is 2.23. The smallest absolute Gasteiger partial charge is 0.304 e. The summed E-state index contributed by atoms with van der Waals surface area (Å²) < 4.78 is 21.5. The van der Waals surface area contributed by atoms with Crippen LogP contribution in [-0.4, -0.2) is 48.3 Å². The van der Waals surface area contributed by atoms with Crippen molar-refractivity contribution in [2.24, 2.45) is 0 Å². The van der Waals surface area contributed by atoms with Crippen molar-refractivity contribution in [3.8, 4) is 0 Å². The molecule has 0 N–H and O–H groups in total. The van der Waals surface area contributed by atoms with Crippen molar-refractivity contribution < 1.29 is 33.3 Å². The summed E-state index contributed by atoms with van der Waals surface area (Å²) in [7, 11) is 0. The van der Waals surface area contributed by atoms with E-state index in [0.29, 0.717) is 6.42 Å². The molecule has 27 heavy (non-hydrogen) atoms. The third-order valence-electron chi connectivity index (χ3n) is 3.84. The number of hydrogen-bond donors (Lipinski definition) is 0. The molecule has 7 nitrogen and oxygen atoms in total. The fourth-order valence-electron chi connectivity index (χ4n) is 2.74. The molecule has 1 saturated heterocycles. The molecule has 0 bridgehead atoms. The molecule has 1 heterocycles. The van der Waals surface area contributed by atoms with E-state index < -0.39 is 36.4 Å². The number of hydrogen-bond acceptors (Lipinski definition) is 8. The van der Waals surface area contributed by atoms with Crippen LogP contribution in [0.5, 0.6) is 0 Å². The second-order valence-corrected chi connectivity index (χ2v) is 7.61. The van der Waals surface area contributed by atoms with Crippen LogP contribution in [-0.2, 0) is 33.3 Å². The average molecular weight is 396 g/mol. The molecule has 1 aromatic carbocycles. The topological polar surface area (TPSA) is 88.1 Å². The Kier molecular flexibility index (Phi) is 7.67. The molecule has 0 saturated carbocycles. The normalized spacial score (nSPS) is 24.7. The van der Waals surface area contributed by atoms with Gasteiger partial charge in [0.15, 0.2) is 0 Å². The highest BCUT2D eigenvalue weighted by molar-refractivity contribution is 8.00. The second-order valence-electron chi connectivity index (χ2n) is 6.30. The quantitative estimate of drug-likeness (QED) is 0.536. The molecule has 148 valence electrons. The number of thioether (sulfide) groups is 1. The summed E-state index contributed by atoms with van der Waals surface area (Å²) in [6.45, 7) is 5.79. The van der Waals surface area contributed by atoms with Gasteiger partial charge in [-0.1, -0.05) is 17.7 Å². The average Bonchev–Trinajstić information content (AvgIpc) is 2.56. The Labute approximate surface area is 162 Å². The van der Waals surface area contributed by atoms with E-state index in [9.17, 15) is 14.4 Å². The standard InChI is InChI=1S/C19H24O7S/c1-11-5-7-15(8-6-11)27-17-9-18(24-13(3)21)26-16(10-23-12(2)20)19(17)25-14(4)22/h5-8,16-19H,9-10H2,1-4H3/t16-,17+,18+,19-/m1/s1. The molecule has 2 rings (SSSR count). The maximum absolute atomic E-state index is 11.6. The third-order valence-corrected chi connectivity index (χ3v) is 5.15. The summed E-state index contributed by atoms with van der Waals surface area (Å²) in [5.74, 6) is -1.41. The van der Waals surface area contributed by atoms with Crippen LogP contribution >= 0.6 is 11.8 Å². The lowest BCUT2D eigenvalue weighted by molar-refractivity contribution is -0.232. The van der Waals surface area contributed by atoms with Crippen LogP contribution in [0.1, 0.15) is 32.8 Å². The maximum Gasteiger partial charge on any atom is 0.304 e. The first kappa shape index (κ1) is 21.2. The van der Waals surface area contributed by atoms with Gasteiger partial charge in [-0.3, -0.25) is 14.4 Å². The highest BCUT2D eigenvalue weighted by Gasteiger charge is 2.43. The minimum absolute atomic E-state index is 0.101. The summed E-state index contributed by atoms with van der Waals surface area (Å²) in [5, 5.41) is -0.240. The van der Waals surface area contributed by atoms with E-state index in [-0.39, 0.29) is 11.9 Å². The van der Waals surface area contributed by atoms with Crippen LogP contribution in [0.3, 0.4) is 0 Å². The molecule has 1 aromatic rings. The monoisotopic (exact) mass is 396 g/mol. The summed E-state index contributed by atoms with van der Waals surface area (Å²) >= 11 is 1.50. The van der Waals surface area contributed by atoms with Crippen molar-refractivity contribution in [2.75, 3.05) is 6.61 Å². The molecule has 0 spiro atoms. The molecule has 0 aromatic heterocycles. The van der Waals surface area contributed by atoms with Crippen molar-refractivity contribution in [2.45, 2.75) is 62.8 Å². The summed E-state index contributed by atoms with van der Waals surface area (Å²) in [4.78, 5) is 35.2. The Bertz CT molecular complexity index is 673. The molecule has 0 unspecified atom stereocenters. The van der Waals surface area contributed by atoms with Crippen molar-refractivity contribution in [1.82, 2.24) is 0 Å². The van der Waals surface area contributed by atoms with Gasteiger partial charge in [-0.15, -0.1) is 11.8 Å². The summed E-state index contributed by atoms with van der Waals surface area (Å²) in [5.41, 5.74) is 1.13. The van der Waals surface area contributed by atoms with Crippen LogP contribution in [0.25, 0.3) is 0 Å². The Morgan fingerprint density at radius 2 is 1.67 bits per heavy atom. The predicted octanol–water partition coefficient (Wildman–Crippen LogP) is 2.63. The van der Waals surface area contributed by atoms with Crippen LogP contribution in [0, 0.1) is 6.92 Å². The highest BCUT2D eigenvalue weighted by atomic mass is 32.2. The van der Waals surface area contributed by atoms with E-state index in [0.717, 1.165) is 10.5 Å². The molecule has 0 amide bonds. The molecular formula is C19H24O7S. The SMILES string of the molecule is CC(=O)OC[C@H]1O[C@H](OC(C)=O)C[C@H](Sc2ccc(C)cc2)[C@@H]1OC(C)=O. The fraction of sp³-hybridized carbons (Fsp3) is 0.526. The summed E-state index contributed by atoms with van der Waals surface area (Å²) in [6, 6.07) is 7.93. The number of carbonyl (C=O) groups excluding carboxylic acids is 3. The Morgan fingerprint density at radius 3 is 2.22 bits per heavy atom. The summed E-state index contributed by atoms with van der Waals surface area (Å²) in [6.07, 6.45) is -1.86. The van der Waals surface area contributed by atoms with Crippen LogP contribution in [0.15, 0.2) is 29.2 Å². The number of rotatable bonds is 6. The van der Waals surface area contributed by atoms with Gasteiger partial charge < -0.3 is 18.9 Å². The van der Waals surface area contributed by atoms with E-state index >= 15 is 0 Å². The molecule has 8 heteroatoms. The lowest BCUT2D eigenvalue weighted by atomic mass is 10.0. The Hall–Kier alpha value is -2.06.